The number of nitrogens with one attached hydrogen (secondary N) is 2. The highest BCUT2D eigenvalue weighted by molar-refractivity contribution is 5.90. The minimum atomic E-state index is -1.12. The highest BCUT2D eigenvalue weighted by Gasteiger charge is 2.33. The molecule has 0 spiro atoms. The first-order chi connectivity index (χ1) is 8.09. The standard InChI is InChI=1S/C10H10N4O3/c1-3-6-4(12-11-3)2-5(15)7-8(6)13-14-9(7)10(16)17/h5,15H,2H2,1H3,(H,11,12)(H,13,14)(H,16,17). The summed E-state index contributed by atoms with van der Waals surface area (Å²) in [5.41, 5.74) is 3.08. The molecule has 2 aromatic heterocycles. The number of fused-ring (bicyclic) bond motifs is 3. The van der Waals surface area contributed by atoms with Gasteiger partial charge in [-0.15, -0.1) is 0 Å². The molecule has 17 heavy (non-hydrogen) atoms. The summed E-state index contributed by atoms with van der Waals surface area (Å²) in [6.07, 6.45) is -0.586. The molecule has 88 valence electrons. The molecule has 0 bridgehead atoms. The summed E-state index contributed by atoms with van der Waals surface area (Å²) in [6.45, 7) is 1.84. The van der Waals surface area contributed by atoms with Crippen molar-refractivity contribution in [1.82, 2.24) is 20.4 Å². The second-order valence-electron chi connectivity index (χ2n) is 4.06. The number of aromatic carboxylic acids is 1. The molecule has 0 aliphatic heterocycles. The topological polar surface area (TPSA) is 115 Å². The van der Waals surface area contributed by atoms with Crippen molar-refractivity contribution in [3.63, 3.8) is 0 Å². The molecule has 7 heteroatoms. The van der Waals surface area contributed by atoms with E-state index in [1.165, 1.54) is 0 Å². The molecule has 0 saturated heterocycles. The van der Waals surface area contributed by atoms with Crippen LogP contribution in [0, 0.1) is 6.92 Å². The molecule has 0 amide bonds. The van der Waals surface area contributed by atoms with Gasteiger partial charge >= 0.3 is 5.97 Å². The van der Waals surface area contributed by atoms with Crippen molar-refractivity contribution in [3.05, 3.63) is 22.6 Å². The van der Waals surface area contributed by atoms with Gasteiger partial charge in [0.05, 0.1) is 11.8 Å². The van der Waals surface area contributed by atoms with E-state index in [9.17, 15) is 9.90 Å². The van der Waals surface area contributed by atoms with Crippen LogP contribution in [0.5, 0.6) is 0 Å². The zero-order chi connectivity index (χ0) is 12.2. The van der Waals surface area contributed by atoms with Crippen LogP contribution in [0.25, 0.3) is 11.3 Å². The average molecular weight is 234 g/mol. The normalized spacial score (nSPS) is 17.6. The van der Waals surface area contributed by atoms with Crippen molar-refractivity contribution < 1.29 is 15.0 Å². The van der Waals surface area contributed by atoms with Crippen LogP contribution >= 0.6 is 0 Å². The van der Waals surface area contributed by atoms with Gasteiger partial charge in [0, 0.05) is 23.2 Å². The minimum absolute atomic E-state index is 0.0567. The maximum atomic E-state index is 11.0. The van der Waals surface area contributed by atoms with Gasteiger partial charge in [-0.2, -0.15) is 10.2 Å². The Morgan fingerprint density at radius 2 is 2.18 bits per heavy atom. The molecule has 7 nitrogen and oxygen atoms in total. The summed E-state index contributed by atoms with van der Waals surface area (Å²) in [6, 6.07) is 0. The molecule has 1 unspecified atom stereocenters. The Kier molecular flexibility index (Phi) is 1.87. The number of H-pyrrole nitrogens is 2. The number of hydrogen-bond donors (Lipinski definition) is 4. The Hall–Kier alpha value is -2.15. The van der Waals surface area contributed by atoms with Gasteiger partial charge in [0.2, 0.25) is 0 Å². The highest BCUT2D eigenvalue weighted by atomic mass is 16.4. The molecular formula is C10H10N4O3. The number of aliphatic hydroxyl groups excluding tert-OH is 1. The van der Waals surface area contributed by atoms with Gasteiger partial charge < -0.3 is 10.2 Å². The Labute approximate surface area is 95.5 Å². The van der Waals surface area contributed by atoms with E-state index in [4.69, 9.17) is 5.11 Å². The number of aromatic amines is 2. The Morgan fingerprint density at radius 3 is 2.88 bits per heavy atom. The molecule has 0 saturated carbocycles. The van der Waals surface area contributed by atoms with Crippen LogP contribution in [-0.2, 0) is 6.42 Å². The van der Waals surface area contributed by atoms with Crippen molar-refractivity contribution in [3.8, 4) is 11.3 Å². The predicted octanol–water partition coefficient (Wildman–Crippen LogP) is 0.396. The van der Waals surface area contributed by atoms with Gasteiger partial charge in [0.1, 0.15) is 11.4 Å². The summed E-state index contributed by atoms with van der Waals surface area (Å²) in [4.78, 5) is 11.0. The summed E-state index contributed by atoms with van der Waals surface area (Å²) in [5.74, 6) is -1.12. The molecule has 2 heterocycles. The van der Waals surface area contributed by atoms with Crippen molar-refractivity contribution >= 4 is 5.97 Å². The number of nitrogens with zero attached hydrogens (tertiary/aromatic N) is 2. The lowest BCUT2D eigenvalue weighted by atomic mass is 9.90. The fourth-order valence-corrected chi connectivity index (χ4v) is 2.26. The SMILES string of the molecule is Cc1[nH]nc2c1-c1n[nH]c(C(=O)O)c1C(O)C2. The largest absolute Gasteiger partial charge is 0.477 e. The van der Waals surface area contributed by atoms with Crippen LogP contribution in [0.3, 0.4) is 0 Å². The predicted molar refractivity (Wildman–Crippen MR) is 56.5 cm³/mol. The number of hydrogen-bond acceptors (Lipinski definition) is 4. The van der Waals surface area contributed by atoms with Crippen LogP contribution in [0.2, 0.25) is 0 Å². The van der Waals surface area contributed by atoms with Crippen LogP contribution < -0.4 is 0 Å². The Morgan fingerprint density at radius 1 is 1.41 bits per heavy atom. The third-order valence-corrected chi connectivity index (χ3v) is 3.00. The monoisotopic (exact) mass is 234 g/mol. The second kappa shape index (κ2) is 3.17. The Bertz CT molecular complexity index is 613. The van der Waals surface area contributed by atoms with E-state index in [2.05, 4.69) is 20.4 Å². The van der Waals surface area contributed by atoms with Crippen molar-refractivity contribution in [2.75, 3.05) is 0 Å². The lowest BCUT2D eigenvalue weighted by Gasteiger charge is -2.16. The van der Waals surface area contributed by atoms with E-state index in [0.717, 1.165) is 11.3 Å². The smallest absolute Gasteiger partial charge is 0.354 e. The molecule has 1 aliphatic rings. The summed E-state index contributed by atoms with van der Waals surface area (Å²) < 4.78 is 0. The maximum Gasteiger partial charge on any atom is 0.354 e. The van der Waals surface area contributed by atoms with Gasteiger partial charge in [-0.05, 0) is 6.92 Å². The van der Waals surface area contributed by atoms with Crippen molar-refractivity contribution in [2.24, 2.45) is 0 Å². The summed E-state index contributed by atoms with van der Waals surface area (Å²) in [5, 5.41) is 32.3. The summed E-state index contributed by atoms with van der Waals surface area (Å²) >= 11 is 0. The number of carboxylic acids is 1. The minimum Gasteiger partial charge on any atom is -0.477 e. The molecule has 1 atom stereocenters. The fourth-order valence-electron chi connectivity index (χ4n) is 2.26. The number of carbonyl (C=O) groups is 1. The van der Waals surface area contributed by atoms with Gasteiger partial charge in [-0.25, -0.2) is 4.79 Å². The quantitative estimate of drug-likeness (QED) is 0.570. The third kappa shape index (κ3) is 1.22. The second-order valence-corrected chi connectivity index (χ2v) is 4.06. The van der Waals surface area contributed by atoms with E-state index in [1.54, 1.807) is 0 Å². The zero-order valence-corrected chi connectivity index (χ0v) is 8.98. The first-order valence-corrected chi connectivity index (χ1v) is 5.13. The van der Waals surface area contributed by atoms with E-state index in [0.29, 0.717) is 23.4 Å². The first kappa shape index (κ1) is 10.0. The van der Waals surface area contributed by atoms with E-state index in [1.807, 2.05) is 6.92 Å². The number of aromatic nitrogens is 4. The van der Waals surface area contributed by atoms with Crippen LogP contribution in [-0.4, -0.2) is 36.6 Å². The van der Waals surface area contributed by atoms with Gasteiger partial charge in [-0.3, -0.25) is 10.2 Å². The molecule has 0 fully saturated rings. The number of aliphatic hydroxyl groups is 1. The number of rotatable bonds is 1. The van der Waals surface area contributed by atoms with Crippen molar-refractivity contribution in [1.29, 1.82) is 0 Å². The molecule has 2 aromatic rings. The molecule has 3 rings (SSSR count). The van der Waals surface area contributed by atoms with Crippen LogP contribution in [0.15, 0.2) is 0 Å². The van der Waals surface area contributed by atoms with Gasteiger partial charge in [0.25, 0.3) is 0 Å². The van der Waals surface area contributed by atoms with Gasteiger partial charge in [0.15, 0.2) is 0 Å². The lowest BCUT2D eigenvalue weighted by molar-refractivity contribution is 0.0682. The van der Waals surface area contributed by atoms with Crippen molar-refractivity contribution in [2.45, 2.75) is 19.4 Å². The molecule has 1 aliphatic carbocycles. The summed E-state index contributed by atoms with van der Waals surface area (Å²) in [7, 11) is 0. The molecule has 4 N–H and O–H groups in total. The third-order valence-electron chi connectivity index (χ3n) is 3.00. The number of carboxylic acid groups (broad SMARTS) is 1. The zero-order valence-electron chi connectivity index (χ0n) is 8.98. The Balaban J connectivity index is 2.30. The molecule has 0 radical (unpaired) electrons. The fraction of sp³-hybridized carbons (Fsp3) is 0.300. The van der Waals surface area contributed by atoms with Gasteiger partial charge in [-0.1, -0.05) is 0 Å². The van der Waals surface area contributed by atoms with E-state index >= 15 is 0 Å². The van der Waals surface area contributed by atoms with E-state index in [-0.39, 0.29) is 5.69 Å². The molecule has 0 aromatic carbocycles. The number of aryl methyl sites for hydroxylation is 1. The average Bonchev–Trinajstić information content (AvgIpc) is 2.82. The molecular weight excluding hydrogens is 224 g/mol. The highest BCUT2D eigenvalue weighted by Crippen LogP contribution is 2.39. The maximum absolute atomic E-state index is 11.0. The first-order valence-electron chi connectivity index (χ1n) is 5.13. The lowest BCUT2D eigenvalue weighted by Crippen LogP contribution is -2.13. The van der Waals surface area contributed by atoms with Crippen LogP contribution in [0.4, 0.5) is 0 Å². The van der Waals surface area contributed by atoms with E-state index < -0.39 is 12.1 Å². The van der Waals surface area contributed by atoms with Crippen LogP contribution in [0.1, 0.15) is 33.5 Å².